The summed E-state index contributed by atoms with van der Waals surface area (Å²) in [5, 5.41) is 10.3. The average Bonchev–Trinajstić information content (AvgIpc) is 3.47. The molecule has 3 aromatic rings. The van der Waals surface area contributed by atoms with E-state index in [4.69, 9.17) is 32.8 Å². The van der Waals surface area contributed by atoms with Crippen molar-refractivity contribution in [2.45, 2.75) is 19.1 Å². The monoisotopic (exact) mass is 664 g/mol. The van der Waals surface area contributed by atoms with Crippen molar-refractivity contribution in [3.8, 4) is 11.7 Å². The van der Waals surface area contributed by atoms with Gasteiger partial charge in [-0.1, -0.05) is 23.2 Å². The lowest BCUT2D eigenvalue weighted by Gasteiger charge is -2.16. The Labute approximate surface area is 242 Å². The van der Waals surface area contributed by atoms with Crippen LogP contribution in [-0.4, -0.2) is 69.5 Å². The number of hydroxylamine groups is 2. The van der Waals surface area contributed by atoms with Gasteiger partial charge in [0.25, 0.3) is 17.7 Å². The number of nitrogens with zero attached hydrogens (tertiary/aromatic N) is 4. The van der Waals surface area contributed by atoms with Gasteiger partial charge in [0.15, 0.2) is 12.4 Å². The van der Waals surface area contributed by atoms with Crippen LogP contribution in [0.3, 0.4) is 0 Å². The number of nitrogens with one attached hydrogen (secondary N) is 2. The molecule has 11 nitrogen and oxygen atoms in total. The quantitative estimate of drug-likeness (QED) is 0.365. The van der Waals surface area contributed by atoms with Gasteiger partial charge in [0.1, 0.15) is 18.3 Å². The van der Waals surface area contributed by atoms with Crippen molar-refractivity contribution in [1.29, 1.82) is 0 Å². The maximum absolute atomic E-state index is 13.4. The van der Waals surface area contributed by atoms with Crippen LogP contribution in [0.2, 0.25) is 10.0 Å². The second-order valence-corrected chi connectivity index (χ2v) is 9.81. The number of hydrogen-bond donors (Lipinski definition) is 2. The van der Waals surface area contributed by atoms with Crippen LogP contribution in [0.15, 0.2) is 41.0 Å². The molecule has 1 aliphatic heterocycles. The van der Waals surface area contributed by atoms with Crippen molar-refractivity contribution in [3.05, 3.63) is 62.3 Å². The Balaban J connectivity index is 1.67. The smallest absolute Gasteiger partial charge is 0.422 e. The molecule has 2 aromatic heterocycles. The van der Waals surface area contributed by atoms with Crippen molar-refractivity contribution in [1.82, 2.24) is 25.1 Å². The van der Waals surface area contributed by atoms with E-state index in [1.807, 2.05) is 0 Å². The maximum atomic E-state index is 13.4. The van der Waals surface area contributed by atoms with Crippen LogP contribution in [0.4, 0.5) is 18.9 Å². The minimum absolute atomic E-state index is 0.0411. The van der Waals surface area contributed by atoms with Crippen LogP contribution in [0.5, 0.6) is 5.88 Å². The van der Waals surface area contributed by atoms with Gasteiger partial charge in [-0.2, -0.15) is 13.2 Å². The topological polar surface area (TPSA) is 128 Å². The largest absolute Gasteiger partial charge is 0.467 e. The predicted octanol–water partition coefficient (Wildman–Crippen LogP) is 4.42. The summed E-state index contributed by atoms with van der Waals surface area (Å²) in [7, 11) is 0. The fourth-order valence-corrected chi connectivity index (χ4v) is 4.67. The van der Waals surface area contributed by atoms with Crippen LogP contribution in [0, 0.1) is 0 Å². The number of benzene rings is 1. The van der Waals surface area contributed by atoms with Crippen LogP contribution >= 0.6 is 39.1 Å². The Morgan fingerprint density at radius 2 is 2.00 bits per heavy atom. The number of carbonyl (C=O) groups is 3. The lowest BCUT2D eigenvalue weighted by molar-refractivity contribution is -0.160. The molecule has 4 rings (SSSR count). The van der Waals surface area contributed by atoms with E-state index < -0.39 is 42.4 Å². The van der Waals surface area contributed by atoms with Crippen LogP contribution in [-0.2, 0) is 9.63 Å². The Morgan fingerprint density at radius 1 is 1.25 bits per heavy atom. The highest BCUT2D eigenvalue weighted by Gasteiger charge is 2.34. The fourth-order valence-electron chi connectivity index (χ4n) is 3.56. The van der Waals surface area contributed by atoms with Gasteiger partial charge in [-0.3, -0.25) is 19.2 Å². The zero-order chi connectivity index (χ0) is 29.2. The number of hydrogen-bond acceptors (Lipinski definition) is 7. The molecule has 0 bridgehead atoms. The van der Waals surface area contributed by atoms with E-state index in [2.05, 4.69) is 36.6 Å². The highest BCUT2D eigenvalue weighted by Crippen LogP contribution is 2.32. The molecule has 3 amide bonds. The molecule has 1 aromatic carbocycles. The first-order chi connectivity index (χ1) is 18.9. The normalized spacial score (nSPS) is 15.3. The first-order valence-electron chi connectivity index (χ1n) is 11.3. The lowest BCUT2D eigenvalue weighted by atomic mass is 10.1. The minimum atomic E-state index is -4.66. The zero-order valence-corrected chi connectivity index (χ0v) is 23.4. The highest BCUT2D eigenvalue weighted by molar-refractivity contribution is 9.10. The van der Waals surface area contributed by atoms with Crippen molar-refractivity contribution in [3.63, 3.8) is 0 Å². The van der Waals surface area contributed by atoms with Gasteiger partial charge < -0.3 is 15.4 Å². The highest BCUT2D eigenvalue weighted by atomic mass is 79.9. The number of pyridine rings is 1. The molecule has 17 heteroatoms. The van der Waals surface area contributed by atoms with E-state index in [1.165, 1.54) is 30.5 Å². The third-order valence-corrected chi connectivity index (χ3v) is 6.45. The Morgan fingerprint density at radius 3 is 2.65 bits per heavy atom. The van der Waals surface area contributed by atoms with Crippen molar-refractivity contribution in [2.75, 3.05) is 25.1 Å². The average molecular weight is 666 g/mol. The molecule has 1 saturated heterocycles. The molecule has 1 unspecified atom stereocenters. The van der Waals surface area contributed by atoms with E-state index in [0.29, 0.717) is 0 Å². The minimum Gasteiger partial charge on any atom is -0.467 e. The van der Waals surface area contributed by atoms with Crippen molar-refractivity contribution < 1.29 is 37.1 Å². The molecule has 1 aliphatic rings. The van der Waals surface area contributed by atoms with E-state index >= 15 is 0 Å². The van der Waals surface area contributed by atoms with Crippen molar-refractivity contribution in [2.24, 2.45) is 0 Å². The fraction of sp³-hybridized carbons (Fsp3) is 0.261. The number of rotatable bonds is 8. The van der Waals surface area contributed by atoms with Crippen LogP contribution < -0.4 is 15.4 Å². The molecular weight excluding hydrogens is 648 g/mol. The molecule has 2 N–H and O–H groups in total. The number of likely N-dealkylation sites (N-methyl/N-ethyl adjacent to an activating group) is 1. The molecule has 1 fully saturated rings. The standard InChI is InChI=1S/C23H18BrCl2F3N6O5/c1-2-34-22(38)15(9-40-34)31-20(36)12-6-11(25)7-13(24)18(12)32-21(37)16-8-17(39-10-23(27,28)29)33-35(16)19-14(26)4-3-5-30-19/h3-8,15H,2,9-10H2,1H3,(H,31,36)(H,32,37). The molecule has 3 heterocycles. The molecular formula is C23H18BrCl2F3N6O5. The second kappa shape index (κ2) is 12.0. The van der Waals surface area contributed by atoms with E-state index in [9.17, 15) is 27.6 Å². The Hall–Kier alpha value is -3.40. The molecule has 0 spiro atoms. The van der Waals surface area contributed by atoms with Gasteiger partial charge in [0.05, 0.1) is 16.3 Å². The molecule has 0 aliphatic carbocycles. The molecule has 0 radical (unpaired) electrons. The third kappa shape index (κ3) is 6.66. The molecule has 0 saturated carbocycles. The number of aromatic nitrogens is 3. The Kier molecular flexibility index (Phi) is 8.87. The molecule has 212 valence electrons. The van der Waals surface area contributed by atoms with E-state index in [1.54, 1.807) is 6.92 Å². The lowest BCUT2D eigenvalue weighted by Crippen LogP contribution is -2.42. The summed E-state index contributed by atoms with van der Waals surface area (Å²) >= 11 is 15.6. The predicted molar refractivity (Wildman–Crippen MR) is 140 cm³/mol. The van der Waals surface area contributed by atoms with Gasteiger partial charge in [0, 0.05) is 28.3 Å². The van der Waals surface area contributed by atoms with Gasteiger partial charge in [-0.05, 0) is 47.1 Å². The van der Waals surface area contributed by atoms with Gasteiger partial charge in [-0.15, -0.1) is 5.10 Å². The first kappa shape index (κ1) is 29.6. The molecule has 40 heavy (non-hydrogen) atoms. The van der Waals surface area contributed by atoms with E-state index in [-0.39, 0.29) is 50.4 Å². The van der Waals surface area contributed by atoms with Crippen LogP contribution in [0.25, 0.3) is 5.82 Å². The Bertz CT molecular complexity index is 1470. The summed E-state index contributed by atoms with van der Waals surface area (Å²) < 4.78 is 44.0. The SMILES string of the molecule is CCN1OCC(NC(=O)c2cc(Cl)cc(Br)c2NC(=O)c2cc(OCC(F)(F)F)nn2-c2ncccc2Cl)C1=O. The maximum Gasteiger partial charge on any atom is 0.422 e. The number of alkyl halides is 3. The number of anilines is 1. The summed E-state index contributed by atoms with van der Waals surface area (Å²) in [6.45, 7) is 0.226. The number of halogens is 6. The third-order valence-electron chi connectivity index (χ3n) is 5.31. The summed E-state index contributed by atoms with van der Waals surface area (Å²) in [6, 6.07) is 5.60. The van der Waals surface area contributed by atoms with Crippen molar-refractivity contribution >= 4 is 62.5 Å². The summed E-state index contributed by atoms with van der Waals surface area (Å²) in [4.78, 5) is 48.2. The summed E-state index contributed by atoms with van der Waals surface area (Å²) in [6.07, 6.45) is -3.32. The summed E-state index contributed by atoms with van der Waals surface area (Å²) in [5.74, 6) is -2.72. The van der Waals surface area contributed by atoms with Gasteiger partial charge in [-0.25, -0.2) is 14.7 Å². The molecule has 1 atom stereocenters. The summed E-state index contributed by atoms with van der Waals surface area (Å²) in [5.41, 5.74) is -0.488. The number of carbonyl (C=O) groups excluding carboxylic acids is 3. The second-order valence-electron chi connectivity index (χ2n) is 8.11. The van der Waals surface area contributed by atoms with Gasteiger partial charge in [0.2, 0.25) is 5.88 Å². The van der Waals surface area contributed by atoms with Crippen LogP contribution in [0.1, 0.15) is 27.8 Å². The number of amides is 3. The zero-order valence-electron chi connectivity index (χ0n) is 20.3. The van der Waals surface area contributed by atoms with E-state index in [0.717, 1.165) is 15.8 Å². The van der Waals surface area contributed by atoms with Gasteiger partial charge >= 0.3 is 6.18 Å². The number of ether oxygens (including phenoxy) is 1. The first-order valence-corrected chi connectivity index (χ1v) is 12.9.